The Bertz CT molecular complexity index is 636. The van der Waals surface area contributed by atoms with E-state index in [0.29, 0.717) is 18.8 Å². The second kappa shape index (κ2) is 5.88. The number of hydrogen-bond acceptors (Lipinski definition) is 4. The van der Waals surface area contributed by atoms with Crippen LogP contribution in [0.25, 0.3) is 5.57 Å². The molecule has 0 spiro atoms. The third kappa shape index (κ3) is 2.74. The van der Waals surface area contributed by atoms with Crippen LogP contribution in [0.5, 0.6) is 0 Å². The van der Waals surface area contributed by atoms with Crippen LogP contribution in [0.3, 0.4) is 0 Å². The molecule has 3 rings (SSSR count). The molecule has 22 heavy (non-hydrogen) atoms. The first-order valence-corrected chi connectivity index (χ1v) is 7.55. The second-order valence-corrected chi connectivity index (χ2v) is 5.88. The van der Waals surface area contributed by atoms with Crippen molar-refractivity contribution in [2.75, 3.05) is 31.1 Å². The molecule has 2 aliphatic heterocycles. The number of rotatable bonds is 3. The van der Waals surface area contributed by atoms with E-state index in [1.54, 1.807) is 11.0 Å². The minimum atomic E-state index is -0.436. The summed E-state index contributed by atoms with van der Waals surface area (Å²) in [7, 11) is 0. The second-order valence-electron chi connectivity index (χ2n) is 5.88. The number of nitro benzene ring substituents is 1. The van der Waals surface area contributed by atoms with E-state index in [9.17, 15) is 14.9 Å². The number of nitrogens with zero attached hydrogens (tertiary/aromatic N) is 3. The summed E-state index contributed by atoms with van der Waals surface area (Å²) in [6, 6.07) is 4.62. The Morgan fingerprint density at radius 2 is 2.00 bits per heavy atom. The van der Waals surface area contributed by atoms with Gasteiger partial charge in [-0.2, -0.15) is 0 Å². The Labute approximate surface area is 129 Å². The van der Waals surface area contributed by atoms with Crippen LogP contribution in [0, 0.1) is 10.1 Å². The lowest BCUT2D eigenvalue weighted by Crippen LogP contribution is -2.41. The van der Waals surface area contributed by atoms with Crippen molar-refractivity contribution in [3.63, 3.8) is 0 Å². The maximum absolute atomic E-state index is 12.6. The zero-order chi connectivity index (χ0) is 15.7. The number of benzene rings is 1. The number of carbonyl (C=O) groups is 1. The van der Waals surface area contributed by atoms with E-state index < -0.39 is 4.92 Å². The van der Waals surface area contributed by atoms with Crippen LogP contribution in [-0.4, -0.2) is 41.9 Å². The average Bonchev–Trinajstić information content (AvgIpc) is 2.85. The van der Waals surface area contributed by atoms with E-state index in [2.05, 4.69) is 11.5 Å². The molecule has 116 valence electrons. The summed E-state index contributed by atoms with van der Waals surface area (Å²) in [6.45, 7) is 6.66. The fourth-order valence-electron chi connectivity index (χ4n) is 3.13. The minimum Gasteiger partial charge on any atom is -0.306 e. The van der Waals surface area contributed by atoms with Gasteiger partial charge in [0, 0.05) is 17.7 Å². The van der Waals surface area contributed by atoms with Gasteiger partial charge in [0.1, 0.15) is 0 Å². The number of hydrogen-bond donors (Lipinski definition) is 0. The summed E-state index contributed by atoms with van der Waals surface area (Å²) >= 11 is 0. The van der Waals surface area contributed by atoms with E-state index in [0.717, 1.165) is 37.1 Å². The smallest absolute Gasteiger partial charge is 0.271 e. The predicted molar refractivity (Wildman–Crippen MR) is 84.8 cm³/mol. The lowest BCUT2D eigenvalue weighted by molar-refractivity contribution is -0.384. The summed E-state index contributed by atoms with van der Waals surface area (Å²) in [5, 5.41) is 10.9. The van der Waals surface area contributed by atoms with Crippen molar-refractivity contribution in [1.82, 2.24) is 4.90 Å². The highest BCUT2D eigenvalue weighted by Crippen LogP contribution is 2.37. The van der Waals surface area contributed by atoms with Gasteiger partial charge in [0.15, 0.2) is 0 Å². The molecule has 6 nitrogen and oxygen atoms in total. The van der Waals surface area contributed by atoms with Gasteiger partial charge in [-0.05, 0) is 37.6 Å². The van der Waals surface area contributed by atoms with E-state index in [1.807, 2.05) is 0 Å². The highest BCUT2D eigenvalue weighted by molar-refractivity contribution is 6.03. The summed E-state index contributed by atoms with van der Waals surface area (Å²) in [6.07, 6.45) is 3.48. The third-order valence-electron chi connectivity index (χ3n) is 4.32. The largest absolute Gasteiger partial charge is 0.306 e. The van der Waals surface area contributed by atoms with Crippen LogP contribution in [0.1, 0.15) is 24.8 Å². The number of fused-ring (bicyclic) bond motifs is 1. The van der Waals surface area contributed by atoms with Crippen LogP contribution < -0.4 is 4.90 Å². The lowest BCUT2D eigenvalue weighted by Gasteiger charge is -2.28. The molecule has 6 heteroatoms. The molecule has 1 aromatic rings. The zero-order valence-electron chi connectivity index (χ0n) is 12.5. The molecule has 2 heterocycles. The quantitative estimate of drug-likeness (QED) is 0.635. The molecule has 1 saturated heterocycles. The molecule has 1 amide bonds. The number of amides is 1. The molecule has 0 unspecified atom stereocenters. The number of anilines is 1. The van der Waals surface area contributed by atoms with Crippen LogP contribution in [0.4, 0.5) is 11.4 Å². The summed E-state index contributed by atoms with van der Waals surface area (Å²) in [5.74, 6) is -0.0118. The molecular weight excluding hydrogens is 282 g/mol. The van der Waals surface area contributed by atoms with Gasteiger partial charge in [-0.1, -0.05) is 13.0 Å². The molecular formula is C16H19N3O3. The van der Waals surface area contributed by atoms with Crippen LogP contribution in [0.15, 0.2) is 24.8 Å². The first kappa shape index (κ1) is 14.7. The Morgan fingerprint density at radius 1 is 1.27 bits per heavy atom. The van der Waals surface area contributed by atoms with Gasteiger partial charge < -0.3 is 4.90 Å². The standard InChI is InChI=1S/C16H19N3O3/c1-12-10-18(16(20)11-17-7-3-2-4-8-17)15-9-13(19(21)22)5-6-14(12)15/h5-6,9H,1-4,7-8,10-11H2. The van der Waals surface area contributed by atoms with Crippen molar-refractivity contribution in [2.24, 2.45) is 0 Å². The fourth-order valence-corrected chi connectivity index (χ4v) is 3.13. The fraction of sp³-hybridized carbons (Fsp3) is 0.438. The van der Waals surface area contributed by atoms with Crippen LogP contribution in [-0.2, 0) is 4.79 Å². The number of carbonyl (C=O) groups excluding carboxylic acids is 1. The van der Waals surface area contributed by atoms with Crippen molar-refractivity contribution in [3.8, 4) is 0 Å². The SMILES string of the molecule is C=C1CN(C(=O)CN2CCCCC2)c2cc([N+](=O)[O-])ccc21. The molecule has 1 fully saturated rings. The molecule has 2 aliphatic rings. The first-order valence-electron chi connectivity index (χ1n) is 7.55. The predicted octanol–water partition coefficient (Wildman–Crippen LogP) is 2.44. The minimum absolute atomic E-state index is 0.00391. The normalized spacial score (nSPS) is 18.4. The maximum atomic E-state index is 12.6. The van der Waals surface area contributed by atoms with Gasteiger partial charge in [0.25, 0.3) is 5.69 Å². The number of likely N-dealkylation sites (tertiary alicyclic amines) is 1. The number of non-ortho nitro benzene ring substituents is 1. The molecule has 1 aromatic carbocycles. The Kier molecular flexibility index (Phi) is 3.94. The summed E-state index contributed by atoms with van der Waals surface area (Å²) in [4.78, 5) is 26.9. The van der Waals surface area contributed by atoms with Gasteiger partial charge in [0.05, 0.1) is 23.7 Å². The van der Waals surface area contributed by atoms with Crippen molar-refractivity contribution in [1.29, 1.82) is 0 Å². The van der Waals surface area contributed by atoms with Crippen molar-refractivity contribution < 1.29 is 9.72 Å². The van der Waals surface area contributed by atoms with Gasteiger partial charge in [-0.25, -0.2) is 0 Å². The van der Waals surface area contributed by atoms with Gasteiger partial charge >= 0.3 is 0 Å². The zero-order valence-corrected chi connectivity index (χ0v) is 12.5. The summed E-state index contributed by atoms with van der Waals surface area (Å²) < 4.78 is 0. The molecule has 0 saturated carbocycles. The Balaban J connectivity index is 1.81. The van der Waals surface area contributed by atoms with Gasteiger partial charge in [-0.3, -0.25) is 19.8 Å². The maximum Gasteiger partial charge on any atom is 0.271 e. The van der Waals surface area contributed by atoms with E-state index in [4.69, 9.17) is 0 Å². The highest BCUT2D eigenvalue weighted by Gasteiger charge is 2.30. The number of piperidine rings is 1. The molecule has 0 radical (unpaired) electrons. The van der Waals surface area contributed by atoms with Gasteiger partial charge in [0.2, 0.25) is 5.91 Å². The lowest BCUT2D eigenvalue weighted by atomic mass is 10.1. The molecule has 0 aliphatic carbocycles. The van der Waals surface area contributed by atoms with Crippen LogP contribution >= 0.6 is 0 Å². The van der Waals surface area contributed by atoms with Crippen molar-refractivity contribution in [3.05, 3.63) is 40.5 Å². The van der Waals surface area contributed by atoms with E-state index in [1.165, 1.54) is 18.6 Å². The monoisotopic (exact) mass is 301 g/mol. The third-order valence-corrected chi connectivity index (χ3v) is 4.32. The topological polar surface area (TPSA) is 66.7 Å². The molecule has 0 atom stereocenters. The van der Waals surface area contributed by atoms with Crippen molar-refractivity contribution in [2.45, 2.75) is 19.3 Å². The average molecular weight is 301 g/mol. The molecule has 0 aromatic heterocycles. The highest BCUT2D eigenvalue weighted by atomic mass is 16.6. The van der Waals surface area contributed by atoms with Crippen LogP contribution in [0.2, 0.25) is 0 Å². The van der Waals surface area contributed by atoms with Crippen molar-refractivity contribution >= 4 is 22.9 Å². The molecule has 0 bridgehead atoms. The van der Waals surface area contributed by atoms with E-state index >= 15 is 0 Å². The number of nitro groups is 1. The van der Waals surface area contributed by atoms with Gasteiger partial charge in [-0.15, -0.1) is 0 Å². The Morgan fingerprint density at radius 3 is 2.68 bits per heavy atom. The molecule has 0 N–H and O–H groups in total. The Hall–Kier alpha value is -2.21. The van der Waals surface area contributed by atoms with E-state index in [-0.39, 0.29) is 11.6 Å². The summed E-state index contributed by atoms with van der Waals surface area (Å²) in [5.41, 5.74) is 2.28. The first-order chi connectivity index (χ1) is 10.6.